The fourth-order valence-corrected chi connectivity index (χ4v) is 2.05. The Labute approximate surface area is 121 Å². The van der Waals surface area contributed by atoms with Gasteiger partial charge in [0.05, 0.1) is 0 Å². The summed E-state index contributed by atoms with van der Waals surface area (Å²) in [5.74, 6) is 0.493. The lowest BCUT2D eigenvalue weighted by Crippen LogP contribution is -2.06. The third kappa shape index (κ3) is 2.89. The second-order valence-corrected chi connectivity index (χ2v) is 4.41. The summed E-state index contributed by atoms with van der Waals surface area (Å²) in [6.07, 6.45) is 0. The standard InChI is InChI=1S/C15H14N6/c16-13-19-14(17)21-15(20-13)18-12-9-5-4-8-11(12)10-6-2-1-3-7-10/h1-9H,(H5,16,17,18,19,20,21). The number of nitrogen functional groups attached to an aromatic ring is 2. The summed E-state index contributed by atoms with van der Waals surface area (Å²) in [5, 5.41) is 3.13. The van der Waals surface area contributed by atoms with Gasteiger partial charge in [-0.1, -0.05) is 48.5 Å². The van der Waals surface area contributed by atoms with Gasteiger partial charge in [0.15, 0.2) is 0 Å². The van der Waals surface area contributed by atoms with E-state index in [9.17, 15) is 0 Å². The molecule has 0 radical (unpaired) electrons. The van der Waals surface area contributed by atoms with Crippen LogP contribution in [0, 0.1) is 0 Å². The smallest absolute Gasteiger partial charge is 0.233 e. The third-order valence-electron chi connectivity index (χ3n) is 2.93. The highest BCUT2D eigenvalue weighted by Crippen LogP contribution is 2.29. The first-order chi connectivity index (χ1) is 10.2. The maximum atomic E-state index is 5.58. The van der Waals surface area contributed by atoms with E-state index in [-0.39, 0.29) is 11.9 Å². The minimum atomic E-state index is 0.0854. The van der Waals surface area contributed by atoms with Crippen LogP contribution in [0.25, 0.3) is 11.1 Å². The van der Waals surface area contributed by atoms with E-state index in [4.69, 9.17) is 11.5 Å². The number of para-hydroxylation sites is 1. The van der Waals surface area contributed by atoms with Gasteiger partial charge in [0.1, 0.15) is 0 Å². The zero-order valence-corrected chi connectivity index (χ0v) is 11.2. The summed E-state index contributed by atoms with van der Waals surface area (Å²) in [6, 6.07) is 17.9. The van der Waals surface area contributed by atoms with E-state index < -0.39 is 0 Å². The minimum absolute atomic E-state index is 0.0854. The molecule has 0 unspecified atom stereocenters. The highest BCUT2D eigenvalue weighted by molar-refractivity contribution is 5.79. The van der Waals surface area contributed by atoms with Crippen molar-refractivity contribution in [1.82, 2.24) is 15.0 Å². The highest BCUT2D eigenvalue weighted by atomic mass is 15.2. The zero-order valence-electron chi connectivity index (χ0n) is 11.2. The summed E-state index contributed by atoms with van der Waals surface area (Å²) in [5.41, 5.74) is 14.2. The van der Waals surface area contributed by atoms with Crippen LogP contribution in [0.5, 0.6) is 0 Å². The molecular weight excluding hydrogens is 264 g/mol. The molecule has 0 bridgehead atoms. The molecule has 6 nitrogen and oxygen atoms in total. The Morgan fingerprint density at radius 1 is 0.714 bits per heavy atom. The van der Waals surface area contributed by atoms with Crippen molar-refractivity contribution in [3.05, 3.63) is 54.6 Å². The average Bonchev–Trinajstić information content (AvgIpc) is 2.48. The van der Waals surface area contributed by atoms with Crippen LogP contribution in [0.2, 0.25) is 0 Å². The number of nitrogens with one attached hydrogen (secondary N) is 1. The molecule has 1 heterocycles. The van der Waals surface area contributed by atoms with Crippen molar-refractivity contribution < 1.29 is 0 Å². The second kappa shape index (κ2) is 5.46. The molecule has 21 heavy (non-hydrogen) atoms. The number of rotatable bonds is 3. The normalized spacial score (nSPS) is 10.3. The first-order valence-corrected chi connectivity index (χ1v) is 6.41. The molecule has 6 heteroatoms. The van der Waals surface area contributed by atoms with Gasteiger partial charge in [-0.05, 0) is 11.6 Å². The maximum Gasteiger partial charge on any atom is 0.233 e. The van der Waals surface area contributed by atoms with Crippen molar-refractivity contribution in [3.8, 4) is 11.1 Å². The molecule has 3 aromatic rings. The van der Waals surface area contributed by atoms with Crippen LogP contribution in [-0.4, -0.2) is 15.0 Å². The molecule has 0 aliphatic carbocycles. The summed E-state index contributed by atoms with van der Waals surface area (Å²) < 4.78 is 0. The van der Waals surface area contributed by atoms with E-state index in [0.717, 1.165) is 16.8 Å². The molecule has 1 aromatic heterocycles. The molecule has 0 aliphatic heterocycles. The van der Waals surface area contributed by atoms with Crippen molar-refractivity contribution in [2.45, 2.75) is 0 Å². The van der Waals surface area contributed by atoms with E-state index in [0.29, 0.717) is 5.95 Å². The number of nitrogens with two attached hydrogens (primary N) is 2. The quantitative estimate of drug-likeness (QED) is 0.680. The number of benzene rings is 2. The topological polar surface area (TPSA) is 103 Å². The molecule has 5 N–H and O–H groups in total. The van der Waals surface area contributed by atoms with Gasteiger partial charge in [-0.15, -0.1) is 0 Å². The Balaban J connectivity index is 2.00. The van der Waals surface area contributed by atoms with E-state index in [1.165, 1.54) is 0 Å². The lowest BCUT2D eigenvalue weighted by atomic mass is 10.0. The predicted octanol–water partition coefficient (Wildman–Crippen LogP) is 2.45. The number of aromatic nitrogens is 3. The van der Waals surface area contributed by atoms with Crippen LogP contribution >= 0.6 is 0 Å². The Morgan fingerprint density at radius 2 is 1.33 bits per heavy atom. The second-order valence-electron chi connectivity index (χ2n) is 4.41. The fraction of sp³-hybridized carbons (Fsp3) is 0. The molecule has 3 rings (SSSR count). The van der Waals surface area contributed by atoms with Gasteiger partial charge < -0.3 is 16.8 Å². The number of hydrogen-bond acceptors (Lipinski definition) is 6. The summed E-state index contributed by atoms with van der Waals surface area (Å²) in [4.78, 5) is 11.8. The number of nitrogens with zero attached hydrogens (tertiary/aromatic N) is 3. The summed E-state index contributed by atoms with van der Waals surface area (Å²) in [7, 11) is 0. The molecule has 0 aliphatic rings. The van der Waals surface area contributed by atoms with Crippen LogP contribution < -0.4 is 16.8 Å². The lowest BCUT2D eigenvalue weighted by molar-refractivity contribution is 1.08. The number of hydrogen-bond donors (Lipinski definition) is 3. The first kappa shape index (κ1) is 12.9. The van der Waals surface area contributed by atoms with Gasteiger partial charge in [0.2, 0.25) is 17.8 Å². The van der Waals surface area contributed by atoms with Gasteiger partial charge in [-0.25, -0.2) is 0 Å². The van der Waals surface area contributed by atoms with Gasteiger partial charge in [-0.3, -0.25) is 0 Å². The van der Waals surface area contributed by atoms with Crippen molar-refractivity contribution >= 4 is 23.5 Å². The molecule has 0 saturated heterocycles. The Morgan fingerprint density at radius 3 is 2.05 bits per heavy atom. The molecule has 0 fully saturated rings. The van der Waals surface area contributed by atoms with Gasteiger partial charge >= 0.3 is 0 Å². The van der Waals surface area contributed by atoms with E-state index in [1.807, 2.05) is 54.6 Å². The van der Waals surface area contributed by atoms with Crippen molar-refractivity contribution in [2.75, 3.05) is 16.8 Å². The Hall–Kier alpha value is -3.15. The zero-order chi connectivity index (χ0) is 14.7. The molecule has 2 aromatic carbocycles. The Kier molecular flexibility index (Phi) is 3.34. The average molecular weight is 278 g/mol. The van der Waals surface area contributed by atoms with Crippen molar-refractivity contribution in [3.63, 3.8) is 0 Å². The monoisotopic (exact) mass is 278 g/mol. The first-order valence-electron chi connectivity index (χ1n) is 6.41. The molecule has 0 saturated carbocycles. The van der Waals surface area contributed by atoms with E-state index >= 15 is 0 Å². The van der Waals surface area contributed by atoms with E-state index in [1.54, 1.807) is 0 Å². The molecular formula is C15H14N6. The maximum absolute atomic E-state index is 5.58. The predicted molar refractivity (Wildman–Crippen MR) is 83.8 cm³/mol. The third-order valence-corrected chi connectivity index (χ3v) is 2.93. The van der Waals surface area contributed by atoms with Gasteiger partial charge in [0.25, 0.3) is 0 Å². The summed E-state index contributed by atoms with van der Waals surface area (Å²) in [6.45, 7) is 0. The fourth-order valence-electron chi connectivity index (χ4n) is 2.05. The van der Waals surface area contributed by atoms with Crippen LogP contribution in [0.3, 0.4) is 0 Å². The van der Waals surface area contributed by atoms with Crippen LogP contribution in [0.4, 0.5) is 23.5 Å². The van der Waals surface area contributed by atoms with Crippen LogP contribution in [0.15, 0.2) is 54.6 Å². The molecule has 0 spiro atoms. The Bertz CT molecular complexity index is 737. The summed E-state index contributed by atoms with van der Waals surface area (Å²) >= 11 is 0. The molecule has 0 atom stereocenters. The van der Waals surface area contributed by atoms with E-state index in [2.05, 4.69) is 20.3 Å². The van der Waals surface area contributed by atoms with Crippen molar-refractivity contribution in [2.24, 2.45) is 0 Å². The minimum Gasteiger partial charge on any atom is -0.368 e. The molecule has 104 valence electrons. The SMILES string of the molecule is Nc1nc(N)nc(Nc2ccccc2-c2ccccc2)n1. The van der Waals surface area contributed by atoms with Gasteiger partial charge in [0, 0.05) is 11.3 Å². The van der Waals surface area contributed by atoms with Crippen LogP contribution in [0.1, 0.15) is 0 Å². The largest absolute Gasteiger partial charge is 0.368 e. The van der Waals surface area contributed by atoms with Gasteiger partial charge in [-0.2, -0.15) is 15.0 Å². The highest BCUT2D eigenvalue weighted by Gasteiger charge is 2.07. The van der Waals surface area contributed by atoms with Crippen molar-refractivity contribution in [1.29, 1.82) is 0 Å². The van der Waals surface area contributed by atoms with Crippen LogP contribution in [-0.2, 0) is 0 Å². The lowest BCUT2D eigenvalue weighted by Gasteiger charge is -2.11. The molecule has 0 amide bonds. The number of anilines is 4.